The van der Waals surface area contributed by atoms with Crippen LogP contribution in [0, 0.1) is 11.8 Å². The van der Waals surface area contributed by atoms with Crippen LogP contribution >= 0.6 is 0 Å². The molecular weight excluding hydrogens is 574 g/mol. The number of benzene rings is 3. The number of piperidine rings is 2. The summed E-state index contributed by atoms with van der Waals surface area (Å²) in [4.78, 5) is 13.3. The molecule has 5 fully saturated rings. The summed E-state index contributed by atoms with van der Waals surface area (Å²) < 4.78 is 0. The number of aliphatic imine (C=N–C) groups is 1. The van der Waals surface area contributed by atoms with E-state index in [0.29, 0.717) is 17.5 Å². The van der Waals surface area contributed by atoms with Crippen molar-refractivity contribution in [2.45, 2.75) is 100 Å². The van der Waals surface area contributed by atoms with Crippen LogP contribution in [0.1, 0.15) is 92.8 Å². The summed E-state index contributed by atoms with van der Waals surface area (Å²) in [5.74, 6) is 2.86. The number of fused-ring (bicyclic) bond motifs is 4. The Bertz CT molecular complexity index is 1940. The van der Waals surface area contributed by atoms with E-state index in [9.17, 15) is 0 Å². The van der Waals surface area contributed by atoms with Gasteiger partial charge in [-0.25, -0.2) is 4.98 Å². The predicted octanol–water partition coefficient (Wildman–Crippen LogP) is 8.53. The molecule has 236 valence electrons. The van der Waals surface area contributed by atoms with Crippen molar-refractivity contribution in [1.29, 1.82) is 0 Å². The Labute approximate surface area is 277 Å². The second kappa shape index (κ2) is 10.1. The Morgan fingerprint density at radius 2 is 1.32 bits per heavy atom. The molecule has 6 atom stereocenters. The van der Waals surface area contributed by atoms with Crippen LogP contribution in [0.15, 0.2) is 78.1 Å². The van der Waals surface area contributed by atoms with Crippen LogP contribution < -0.4 is 10.6 Å². The van der Waals surface area contributed by atoms with E-state index in [1.165, 1.54) is 109 Å². The average molecular weight is 618 g/mol. The topological polar surface area (TPSA) is 65.1 Å². The zero-order valence-electron chi connectivity index (χ0n) is 27.1. The fourth-order valence-electron chi connectivity index (χ4n) is 10.4. The van der Waals surface area contributed by atoms with E-state index < -0.39 is 0 Å². The Balaban J connectivity index is 0.876. The van der Waals surface area contributed by atoms with Gasteiger partial charge in [0.25, 0.3) is 0 Å². The van der Waals surface area contributed by atoms with E-state index in [2.05, 4.69) is 82.5 Å². The Morgan fingerprint density at radius 1 is 0.660 bits per heavy atom. The van der Waals surface area contributed by atoms with E-state index in [0.717, 1.165) is 41.9 Å². The van der Waals surface area contributed by atoms with Gasteiger partial charge in [0, 0.05) is 36.5 Å². The van der Waals surface area contributed by atoms with Gasteiger partial charge >= 0.3 is 0 Å². The normalized spacial score (nSPS) is 30.7. The molecule has 3 saturated carbocycles. The Morgan fingerprint density at radius 3 is 2.04 bits per heavy atom. The van der Waals surface area contributed by atoms with Crippen LogP contribution in [0.3, 0.4) is 0 Å². The second-order valence-corrected chi connectivity index (χ2v) is 15.9. The molecule has 3 aromatic carbocycles. The van der Waals surface area contributed by atoms with E-state index in [1.807, 2.05) is 6.20 Å². The lowest BCUT2D eigenvalue weighted by Gasteiger charge is -2.28. The molecule has 5 nitrogen and oxygen atoms in total. The van der Waals surface area contributed by atoms with Crippen molar-refractivity contribution in [2.24, 2.45) is 16.8 Å². The van der Waals surface area contributed by atoms with Gasteiger partial charge in [-0.2, -0.15) is 0 Å². The van der Waals surface area contributed by atoms with E-state index in [4.69, 9.17) is 9.98 Å². The molecule has 2 saturated heterocycles. The molecule has 3 aliphatic heterocycles. The molecule has 4 heterocycles. The summed E-state index contributed by atoms with van der Waals surface area (Å²) in [7, 11) is 0. The summed E-state index contributed by atoms with van der Waals surface area (Å²) in [5.41, 5.74) is 15.5. The maximum absolute atomic E-state index is 4.87. The molecule has 1 aromatic heterocycles. The first-order valence-corrected chi connectivity index (χ1v) is 18.4. The molecule has 1 spiro atoms. The number of aromatic nitrogens is 2. The smallest absolute Gasteiger partial charge is 0.123 e. The monoisotopic (exact) mass is 617 g/mol. The maximum atomic E-state index is 4.87. The van der Waals surface area contributed by atoms with Crippen molar-refractivity contribution in [1.82, 2.24) is 20.6 Å². The second-order valence-electron chi connectivity index (χ2n) is 15.9. The van der Waals surface area contributed by atoms with Crippen molar-refractivity contribution in [3.63, 3.8) is 0 Å². The van der Waals surface area contributed by atoms with Gasteiger partial charge in [-0.3, -0.25) is 4.99 Å². The first kappa shape index (κ1) is 27.2. The van der Waals surface area contributed by atoms with Crippen LogP contribution in [0.25, 0.3) is 39.1 Å². The molecule has 7 aliphatic rings. The summed E-state index contributed by atoms with van der Waals surface area (Å²) in [6.07, 6.45) is 18.2. The summed E-state index contributed by atoms with van der Waals surface area (Å²) in [6, 6.07) is 25.9. The number of nitrogens with one attached hydrogen (secondary N) is 3. The molecule has 4 aromatic rings. The van der Waals surface area contributed by atoms with Gasteiger partial charge in [-0.15, -0.1) is 0 Å². The molecular formula is C42H43N5. The zero-order chi connectivity index (χ0) is 30.7. The Hall–Kier alpha value is -3.80. The van der Waals surface area contributed by atoms with Crippen LogP contribution in [-0.4, -0.2) is 33.8 Å². The van der Waals surface area contributed by atoms with Gasteiger partial charge in [0.05, 0.1) is 17.9 Å². The predicted molar refractivity (Wildman–Crippen MR) is 189 cm³/mol. The molecule has 0 radical (unpaired) electrons. The highest BCUT2D eigenvalue weighted by Crippen LogP contribution is 2.55. The van der Waals surface area contributed by atoms with Gasteiger partial charge in [0.1, 0.15) is 5.82 Å². The first-order chi connectivity index (χ1) is 23.2. The molecule has 0 bridgehead atoms. The quantitative estimate of drug-likeness (QED) is 0.203. The van der Waals surface area contributed by atoms with Crippen molar-refractivity contribution in [3.8, 4) is 33.5 Å². The van der Waals surface area contributed by atoms with Crippen LogP contribution in [0.5, 0.6) is 0 Å². The van der Waals surface area contributed by atoms with Gasteiger partial charge in [-0.05, 0) is 119 Å². The van der Waals surface area contributed by atoms with E-state index >= 15 is 0 Å². The first-order valence-electron chi connectivity index (χ1n) is 18.4. The number of H-pyrrole nitrogens is 1. The standard InChI is InChI=1S/C42H43N5/c1-2-15-42(14-1)16-13-33-31(25-5-3-24(4-6-25)30-21-36(43-22-30)37-19-28-17-34(28)45-37)11-12-32(40(33)42)26-7-9-27(10-8-26)39-23-44-41(47-39)38-20-29-18-35(29)46-38/h3-12,22-23,28-29,34-35,37-38,45-46H,1-2,13-21H2,(H,44,47)/t28?,29?,34?,35?,37-,38-/m0/s1. The number of nitrogens with zero attached hydrogens (tertiary/aromatic N) is 2. The third-order valence-electron chi connectivity index (χ3n) is 13.2. The van der Waals surface area contributed by atoms with Gasteiger partial charge in [0.2, 0.25) is 0 Å². The molecule has 3 N–H and O–H groups in total. The number of aromatic amines is 1. The molecule has 4 unspecified atom stereocenters. The number of hydrogen-bond donors (Lipinski definition) is 3. The number of imidazole rings is 1. The third-order valence-corrected chi connectivity index (χ3v) is 13.2. The highest BCUT2D eigenvalue weighted by molar-refractivity contribution is 6.02. The number of allylic oxidation sites excluding steroid dienone is 1. The van der Waals surface area contributed by atoms with Crippen LogP contribution in [0.2, 0.25) is 0 Å². The lowest BCUT2D eigenvalue weighted by Crippen LogP contribution is -2.33. The van der Waals surface area contributed by atoms with Gasteiger partial charge in [0.15, 0.2) is 0 Å². The van der Waals surface area contributed by atoms with Gasteiger partial charge in [-0.1, -0.05) is 73.5 Å². The lowest BCUT2D eigenvalue weighted by molar-refractivity contribution is 0.440. The molecule has 47 heavy (non-hydrogen) atoms. The number of rotatable bonds is 6. The highest BCUT2D eigenvalue weighted by Gasteiger charge is 2.48. The number of hydrogen-bond acceptors (Lipinski definition) is 4. The highest BCUT2D eigenvalue weighted by atomic mass is 15.1. The SMILES string of the molecule is C1=C(c2ccc(-c3ccc(-c4ccc(-c5cnc([C@@H]6CC7CC7N6)[nH]5)cc4)c4c3CCC43CCCC3)cc2)CC([C@@H]2CC3CC3N2)=N1. The fourth-order valence-corrected chi connectivity index (χ4v) is 10.4. The fraction of sp³-hybridized carbons (Fsp3) is 0.429. The molecule has 4 aliphatic carbocycles. The average Bonchev–Trinajstić information content (AvgIpc) is 3.66. The third kappa shape index (κ3) is 4.42. The van der Waals surface area contributed by atoms with Crippen molar-refractivity contribution >= 4 is 11.3 Å². The van der Waals surface area contributed by atoms with Gasteiger partial charge < -0.3 is 15.6 Å². The van der Waals surface area contributed by atoms with E-state index in [-0.39, 0.29) is 0 Å². The van der Waals surface area contributed by atoms with Crippen molar-refractivity contribution < 1.29 is 0 Å². The van der Waals surface area contributed by atoms with Crippen LogP contribution in [0.4, 0.5) is 0 Å². The molecule has 0 amide bonds. The maximum Gasteiger partial charge on any atom is 0.123 e. The minimum atomic E-state index is 0.337. The van der Waals surface area contributed by atoms with Crippen molar-refractivity contribution in [2.75, 3.05) is 0 Å². The lowest BCUT2D eigenvalue weighted by atomic mass is 9.76. The summed E-state index contributed by atoms with van der Waals surface area (Å²) in [6.45, 7) is 0. The summed E-state index contributed by atoms with van der Waals surface area (Å²) in [5, 5.41) is 7.52. The summed E-state index contributed by atoms with van der Waals surface area (Å²) >= 11 is 0. The van der Waals surface area contributed by atoms with Crippen molar-refractivity contribution in [3.05, 3.63) is 95.6 Å². The zero-order valence-corrected chi connectivity index (χ0v) is 27.1. The molecule has 11 rings (SSSR count). The molecule has 5 heteroatoms. The van der Waals surface area contributed by atoms with Crippen LogP contribution in [-0.2, 0) is 11.8 Å². The minimum absolute atomic E-state index is 0.337. The van der Waals surface area contributed by atoms with E-state index in [1.54, 1.807) is 11.1 Å². The Kier molecular flexibility index (Phi) is 5.84. The largest absolute Gasteiger partial charge is 0.341 e. The minimum Gasteiger partial charge on any atom is -0.341 e.